The van der Waals surface area contributed by atoms with Gasteiger partial charge in [0.1, 0.15) is 6.26 Å². The SMILES string of the molecule is CCC1(c2coc(C(C)(C)C)n2)CC1. The van der Waals surface area contributed by atoms with Gasteiger partial charge in [-0.2, -0.15) is 0 Å². The average molecular weight is 193 g/mol. The lowest BCUT2D eigenvalue weighted by Gasteiger charge is -2.12. The normalized spacial score (nSPS) is 19.7. The molecule has 1 saturated carbocycles. The minimum absolute atomic E-state index is 0.0298. The lowest BCUT2D eigenvalue weighted by atomic mass is 9.96. The van der Waals surface area contributed by atoms with Gasteiger partial charge in [0, 0.05) is 10.8 Å². The molecular formula is C12H19NO. The first-order chi connectivity index (χ1) is 6.48. The summed E-state index contributed by atoms with van der Waals surface area (Å²) in [4.78, 5) is 4.62. The maximum absolute atomic E-state index is 5.55. The van der Waals surface area contributed by atoms with Crippen LogP contribution in [0.2, 0.25) is 0 Å². The first-order valence-electron chi connectivity index (χ1n) is 5.44. The first-order valence-corrected chi connectivity index (χ1v) is 5.44. The van der Waals surface area contributed by atoms with Crippen molar-refractivity contribution in [3.8, 4) is 0 Å². The first kappa shape index (κ1) is 9.75. The van der Waals surface area contributed by atoms with E-state index in [1.807, 2.05) is 6.26 Å². The van der Waals surface area contributed by atoms with Crippen molar-refractivity contribution in [2.24, 2.45) is 0 Å². The number of nitrogens with zero attached hydrogens (tertiary/aromatic N) is 1. The van der Waals surface area contributed by atoms with Crippen LogP contribution in [0.4, 0.5) is 0 Å². The summed E-state index contributed by atoms with van der Waals surface area (Å²) >= 11 is 0. The molecule has 1 fully saturated rings. The van der Waals surface area contributed by atoms with E-state index in [0.717, 1.165) is 5.89 Å². The predicted molar refractivity (Wildman–Crippen MR) is 56.4 cm³/mol. The van der Waals surface area contributed by atoms with Crippen molar-refractivity contribution in [1.29, 1.82) is 0 Å². The molecule has 0 bridgehead atoms. The fraction of sp³-hybridized carbons (Fsp3) is 0.750. The average Bonchev–Trinajstić information content (AvgIpc) is 2.73. The maximum Gasteiger partial charge on any atom is 0.199 e. The molecule has 1 aliphatic carbocycles. The second-order valence-electron chi connectivity index (χ2n) is 5.42. The second-order valence-corrected chi connectivity index (χ2v) is 5.42. The van der Waals surface area contributed by atoms with Crippen LogP contribution in [0.3, 0.4) is 0 Å². The number of hydrogen-bond donors (Lipinski definition) is 0. The lowest BCUT2D eigenvalue weighted by Crippen LogP contribution is -2.13. The van der Waals surface area contributed by atoms with Crippen molar-refractivity contribution in [2.75, 3.05) is 0 Å². The standard InChI is InChI=1S/C12H19NO/c1-5-12(6-7-12)9-8-14-10(13-9)11(2,3)4/h8H,5-7H2,1-4H3. The molecule has 78 valence electrons. The highest BCUT2D eigenvalue weighted by atomic mass is 16.3. The summed E-state index contributed by atoms with van der Waals surface area (Å²) in [6.45, 7) is 8.63. The van der Waals surface area contributed by atoms with Gasteiger partial charge in [-0.15, -0.1) is 0 Å². The third-order valence-corrected chi connectivity index (χ3v) is 3.22. The highest BCUT2D eigenvalue weighted by molar-refractivity contribution is 5.22. The molecule has 1 aromatic heterocycles. The van der Waals surface area contributed by atoms with Gasteiger partial charge in [-0.3, -0.25) is 0 Å². The van der Waals surface area contributed by atoms with Crippen LogP contribution in [0, 0.1) is 0 Å². The van der Waals surface area contributed by atoms with Crippen molar-refractivity contribution in [3.05, 3.63) is 17.8 Å². The third kappa shape index (κ3) is 1.47. The van der Waals surface area contributed by atoms with Crippen LogP contribution in [0.1, 0.15) is 58.5 Å². The minimum atomic E-state index is 0.0298. The summed E-state index contributed by atoms with van der Waals surface area (Å²) in [5.41, 5.74) is 1.57. The molecule has 1 heterocycles. The largest absolute Gasteiger partial charge is 0.448 e. The van der Waals surface area contributed by atoms with E-state index < -0.39 is 0 Å². The predicted octanol–water partition coefficient (Wildman–Crippen LogP) is 3.41. The lowest BCUT2D eigenvalue weighted by molar-refractivity contribution is 0.392. The van der Waals surface area contributed by atoms with E-state index in [9.17, 15) is 0 Å². The highest BCUT2D eigenvalue weighted by Gasteiger charge is 2.45. The Morgan fingerprint density at radius 2 is 2.07 bits per heavy atom. The molecule has 0 aromatic carbocycles. The van der Waals surface area contributed by atoms with Crippen molar-refractivity contribution < 1.29 is 4.42 Å². The van der Waals surface area contributed by atoms with E-state index in [1.54, 1.807) is 0 Å². The van der Waals surface area contributed by atoms with Gasteiger partial charge in [0.2, 0.25) is 0 Å². The van der Waals surface area contributed by atoms with Gasteiger partial charge >= 0.3 is 0 Å². The number of rotatable bonds is 2. The van der Waals surface area contributed by atoms with Crippen LogP contribution in [0.5, 0.6) is 0 Å². The Bertz CT molecular complexity index is 328. The molecule has 0 N–H and O–H groups in total. The second kappa shape index (κ2) is 2.85. The molecule has 0 unspecified atom stereocenters. The summed E-state index contributed by atoms with van der Waals surface area (Å²) in [6, 6.07) is 0. The Morgan fingerprint density at radius 3 is 2.43 bits per heavy atom. The van der Waals surface area contributed by atoms with Crippen molar-refractivity contribution >= 4 is 0 Å². The molecule has 0 saturated heterocycles. The Hall–Kier alpha value is -0.790. The topological polar surface area (TPSA) is 26.0 Å². The van der Waals surface area contributed by atoms with Crippen molar-refractivity contribution in [1.82, 2.24) is 4.98 Å². The fourth-order valence-corrected chi connectivity index (χ4v) is 1.80. The maximum atomic E-state index is 5.55. The number of aromatic nitrogens is 1. The molecule has 2 rings (SSSR count). The number of hydrogen-bond acceptors (Lipinski definition) is 2. The molecule has 2 heteroatoms. The monoisotopic (exact) mass is 193 g/mol. The van der Waals surface area contributed by atoms with Gasteiger partial charge in [0.15, 0.2) is 5.89 Å². The van der Waals surface area contributed by atoms with Crippen LogP contribution in [0.25, 0.3) is 0 Å². The van der Waals surface area contributed by atoms with Crippen LogP contribution >= 0.6 is 0 Å². The van der Waals surface area contributed by atoms with E-state index in [2.05, 4.69) is 32.7 Å². The Morgan fingerprint density at radius 1 is 1.43 bits per heavy atom. The summed E-state index contributed by atoms with van der Waals surface area (Å²) in [5.74, 6) is 0.868. The molecule has 14 heavy (non-hydrogen) atoms. The van der Waals surface area contributed by atoms with Crippen molar-refractivity contribution in [2.45, 2.75) is 57.8 Å². The molecule has 0 radical (unpaired) electrons. The summed E-state index contributed by atoms with van der Waals surface area (Å²) in [6.07, 6.45) is 5.60. The van der Waals surface area contributed by atoms with Gasteiger partial charge < -0.3 is 4.42 Å². The molecule has 0 atom stereocenters. The van der Waals surface area contributed by atoms with Gasteiger partial charge in [-0.1, -0.05) is 27.7 Å². The summed E-state index contributed by atoms with van der Waals surface area (Å²) in [5, 5.41) is 0. The Labute approximate surface area is 85.7 Å². The minimum Gasteiger partial charge on any atom is -0.448 e. The van der Waals surface area contributed by atoms with Gasteiger partial charge in [-0.05, 0) is 19.3 Å². The van der Waals surface area contributed by atoms with Crippen LogP contribution in [-0.2, 0) is 10.8 Å². The van der Waals surface area contributed by atoms with E-state index in [0.29, 0.717) is 5.41 Å². The van der Waals surface area contributed by atoms with Crippen LogP contribution in [0.15, 0.2) is 10.7 Å². The van der Waals surface area contributed by atoms with Crippen LogP contribution < -0.4 is 0 Å². The molecule has 1 aromatic rings. The van der Waals surface area contributed by atoms with E-state index in [4.69, 9.17) is 4.42 Å². The van der Waals surface area contributed by atoms with E-state index >= 15 is 0 Å². The molecule has 2 nitrogen and oxygen atoms in total. The molecule has 0 aliphatic heterocycles. The van der Waals surface area contributed by atoms with Gasteiger partial charge in [-0.25, -0.2) is 4.98 Å². The zero-order chi connectivity index (χ0) is 10.4. The fourth-order valence-electron chi connectivity index (χ4n) is 1.80. The van der Waals surface area contributed by atoms with Gasteiger partial charge in [0.25, 0.3) is 0 Å². The zero-order valence-corrected chi connectivity index (χ0v) is 9.55. The molecule has 0 spiro atoms. The van der Waals surface area contributed by atoms with Crippen molar-refractivity contribution in [3.63, 3.8) is 0 Å². The summed E-state index contributed by atoms with van der Waals surface area (Å²) in [7, 11) is 0. The van der Waals surface area contributed by atoms with Gasteiger partial charge in [0.05, 0.1) is 5.69 Å². The molecular weight excluding hydrogens is 174 g/mol. The van der Waals surface area contributed by atoms with E-state index in [-0.39, 0.29) is 5.41 Å². The highest BCUT2D eigenvalue weighted by Crippen LogP contribution is 2.50. The number of oxazole rings is 1. The molecule has 0 amide bonds. The Kier molecular flexibility index (Phi) is 1.98. The Balaban J connectivity index is 2.27. The smallest absolute Gasteiger partial charge is 0.199 e. The summed E-state index contributed by atoms with van der Waals surface area (Å²) < 4.78 is 5.55. The zero-order valence-electron chi connectivity index (χ0n) is 9.55. The molecule has 1 aliphatic rings. The quantitative estimate of drug-likeness (QED) is 0.719. The van der Waals surface area contributed by atoms with Crippen LogP contribution in [-0.4, -0.2) is 4.98 Å². The van der Waals surface area contributed by atoms with E-state index in [1.165, 1.54) is 25.0 Å². The third-order valence-electron chi connectivity index (χ3n) is 3.22.